The Hall–Kier alpha value is -2.26. The number of pyridine rings is 1. The number of rotatable bonds is 2. The quantitative estimate of drug-likeness (QED) is 0.708. The summed E-state index contributed by atoms with van der Waals surface area (Å²) in [6, 6.07) is 15.8. The Bertz CT molecular complexity index is 663. The topological polar surface area (TPSA) is 38.7 Å². The lowest BCUT2D eigenvalue weighted by Crippen LogP contribution is -1.98. The van der Waals surface area contributed by atoms with Crippen LogP contribution in [-0.4, -0.2) is 15.2 Å². The zero-order valence-electron chi connectivity index (χ0n) is 10.9. The zero-order chi connectivity index (χ0) is 13.9. The van der Waals surface area contributed by atoms with E-state index in [1.54, 1.807) is 6.20 Å². The normalized spacial score (nSPS) is 10.5. The van der Waals surface area contributed by atoms with E-state index >= 15 is 0 Å². The first-order chi connectivity index (χ1) is 9.77. The Balaban J connectivity index is 2.32. The lowest BCUT2D eigenvalue weighted by Gasteiger charge is -2.12. The molecule has 1 aromatic carbocycles. The Morgan fingerprint density at radius 1 is 0.850 bits per heavy atom. The summed E-state index contributed by atoms with van der Waals surface area (Å²) in [5.74, 6) is 0. The molecule has 0 N–H and O–H groups in total. The van der Waals surface area contributed by atoms with Crippen molar-refractivity contribution in [2.45, 2.75) is 6.92 Å². The predicted octanol–water partition coefficient (Wildman–Crippen LogP) is 4.17. The fraction of sp³-hybridized carbons (Fsp3) is 0.0625. The molecule has 0 saturated carbocycles. The Labute approximate surface area is 122 Å². The van der Waals surface area contributed by atoms with Crippen molar-refractivity contribution in [3.8, 4) is 22.4 Å². The van der Waals surface area contributed by atoms with Crippen molar-refractivity contribution in [1.82, 2.24) is 15.2 Å². The second-order valence-corrected chi connectivity index (χ2v) is 4.77. The van der Waals surface area contributed by atoms with Crippen LogP contribution >= 0.6 is 11.6 Å². The van der Waals surface area contributed by atoms with Gasteiger partial charge >= 0.3 is 0 Å². The molecule has 0 amide bonds. The van der Waals surface area contributed by atoms with Crippen LogP contribution in [0, 0.1) is 6.92 Å². The summed E-state index contributed by atoms with van der Waals surface area (Å²) in [6.45, 7) is 1.93. The molecule has 0 aliphatic heterocycles. The van der Waals surface area contributed by atoms with Crippen LogP contribution in [0.1, 0.15) is 5.69 Å². The van der Waals surface area contributed by atoms with Crippen molar-refractivity contribution >= 4 is 11.6 Å². The highest BCUT2D eigenvalue weighted by atomic mass is 35.5. The molecule has 0 atom stereocenters. The van der Waals surface area contributed by atoms with E-state index in [2.05, 4.69) is 15.2 Å². The van der Waals surface area contributed by atoms with Gasteiger partial charge in [0, 0.05) is 17.3 Å². The maximum Gasteiger partial charge on any atom is 0.161 e. The predicted molar refractivity (Wildman–Crippen MR) is 80.4 cm³/mol. The number of hydrogen-bond donors (Lipinski definition) is 0. The summed E-state index contributed by atoms with van der Waals surface area (Å²) in [6.07, 6.45) is 1.75. The van der Waals surface area contributed by atoms with Crippen LogP contribution in [-0.2, 0) is 0 Å². The molecule has 2 heterocycles. The summed E-state index contributed by atoms with van der Waals surface area (Å²) >= 11 is 6.27. The van der Waals surface area contributed by atoms with Gasteiger partial charge in [-0.1, -0.05) is 48.0 Å². The van der Waals surface area contributed by atoms with Crippen molar-refractivity contribution in [2.75, 3.05) is 0 Å². The zero-order valence-corrected chi connectivity index (χ0v) is 11.7. The van der Waals surface area contributed by atoms with Crippen LogP contribution in [0.2, 0.25) is 5.15 Å². The smallest absolute Gasteiger partial charge is 0.161 e. The third-order valence-electron chi connectivity index (χ3n) is 3.09. The van der Waals surface area contributed by atoms with Crippen molar-refractivity contribution in [2.24, 2.45) is 0 Å². The maximum atomic E-state index is 6.27. The average Bonchev–Trinajstić information content (AvgIpc) is 2.51. The van der Waals surface area contributed by atoms with Crippen molar-refractivity contribution in [3.05, 3.63) is 65.6 Å². The van der Waals surface area contributed by atoms with Gasteiger partial charge in [0.2, 0.25) is 0 Å². The first-order valence-corrected chi connectivity index (χ1v) is 6.65. The second kappa shape index (κ2) is 5.39. The molecule has 0 aliphatic rings. The highest BCUT2D eigenvalue weighted by molar-refractivity contribution is 6.32. The van der Waals surface area contributed by atoms with Gasteiger partial charge < -0.3 is 0 Å². The molecule has 3 nitrogen and oxygen atoms in total. The van der Waals surface area contributed by atoms with Crippen LogP contribution < -0.4 is 0 Å². The molecule has 0 spiro atoms. The minimum Gasteiger partial charge on any atom is -0.256 e. The van der Waals surface area contributed by atoms with E-state index in [4.69, 9.17) is 11.6 Å². The van der Waals surface area contributed by atoms with Crippen LogP contribution in [0.15, 0.2) is 54.7 Å². The third-order valence-corrected chi connectivity index (χ3v) is 3.35. The van der Waals surface area contributed by atoms with E-state index < -0.39 is 0 Å². The summed E-state index contributed by atoms with van der Waals surface area (Å²) in [5, 5.41) is 8.52. The standard InChI is InChI=1S/C16H12ClN3/c1-11-14(12-7-3-2-4-8-12)15(16(17)20-19-11)13-9-5-6-10-18-13/h2-10H,1H3. The first kappa shape index (κ1) is 12.8. The Kier molecular flexibility index (Phi) is 3.44. The van der Waals surface area contributed by atoms with Crippen LogP contribution in [0.5, 0.6) is 0 Å². The molecule has 98 valence electrons. The third kappa shape index (κ3) is 2.28. The van der Waals surface area contributed by atoms with Crippen molar-refractivity contribution in [3.63, 3.8) is 0 Å². The lowest BCUT2D eigenvalue weighted by molar-refractivity contribution is 0.984. The van der Waals surface area contributed by atoms with Gasteiger partial charge in [0.1, 0.15) is 0 Å². The van der Waals surface area contributed by atoms with Gasteiger partial charge in [0.15, 0.2) is 5.15 Å². The summed E-state index contributed by atoms with van der Waals surface area (Å²) in [7, 11) is 0. The van der Waals surface area contributed by atoms with Gasteiger partial charge in [-0.2, -0.15) is 5.10 Å². The largest absolute Gasteiger partial charge is 0.256 e. The van der Waals surface area contributed by atoms with Crippen LogP contribution in [0.3, 0.4) is 0 Å². The molecule has 0 aliphatic carbocycles. The fourth-order valence-corrected chi connectivity index (χ4v) is 2.43. The van der Waals surface area contributed by atoms with Crippen LogP contribution in [0.4, 0.5) is 0 Å². The number of aryl methyl sites for hydroxylation is 1. The monoisotopic (exact) mass is 281 g/mol. The summed E-state index contributed by atoms with van der Waals surface area (Å²) in [5.41, 5.74) is 4.49. The molecule has 0 radical (unpaired) electrons. The summed E-state index contributed by atoms with van der Waals surface area (Å²) in [4.78, 5) is 4.38. The number of halogens is 1. The van der Waals surface area contributed by atoms with Gasteiger partial charge in [0.05, 0.1) is 11.4 Å². The van der Waals surface area contributed by atoms with Gasteiger partial charge in [-0.15, -0.1) is 5.10 Å². The highest BCUT2D eigenvalue weighted by Crippen LogP contribution is 2.36. The van der Waals surface area contributed by atoms with E-state index in [0.29, 0.717) is 5.15 Å². The number of aromatic nitrogens is 3. The SMILES string of the molecule is Cc1nnc(Cl)c(-c2ccccn2)c1-c1ccccc1. The highest BCUT2D eigenvalue weighted by Gasteiger charge is 2.17. The van der Waals surface area contributed by atoms with E-state index in [0.717, 1.165) is 28.1 Å². The van der Waals surface area contributed by atoms with Gasteiger partial charge in [-0.05, 0) is 24.6 Å². The minimum absolute atomic E-state index is 0.369. The molecule has 3 rings (SSSR count). The first-order valence-electron chi connectivity index (χ1n) is 6.27. The number of nitrogens with zero attached hydrogens (tertiary/aromatic N) is 3. The minimum atomic E-state index is 0.369. The molecule has 0 unspecified atom stereocenters. The molecular weight excluding hydrogens is 270 g/mol. The van der Waals surface area contributed by atoms with Crippen molar-refractivity contribution in [1.29, 1.82) is 0 Å². The molecule has 0 fully saturated rings. The fourth-order valence-electron chi connectivity index (χ4n) is 2.21. The van der Waals surface area contributed by atoms with Gasteiger partial charge in [0.25, 0.3) is 0 Å². The molecule has 0 saturated heterocycles. The van der Waals surface area contributed by atoms with Crippen molar-refractivity contribution < 1.29 is 0 Å². The molecule has 20 heavy (non-hydrogen) atoms. The van der Waals surface area contributed by atoms with Crippen LogP contribution in [0.25, 0.3) is 22.4 Å². The van der Waals surface area contributed by atoms with E-state index in [9.17, 15) is 0 Å². The average molecular weight is 282 g/mol. The molecular formula is C16H12ClN3. The van der Waals surface area contributed by atoms with E-state index in [1.807, 2.05) is 55.5 Å². The van der Waals surface area contributed by atoms with E-state index in [-0.39, 0.29) is 0 Å². The Morgan fingerprint density at radius 3 is 2.30 bits per heavy atom. The van der Waals surface area contributed by atoms with Gasteiger partial charge in [-0.25, -0.2) is 0 Å². The molecule has 3 aromatic rings. The molecule has 2 aromatic heterocycles. The van der Waals surface area contributed by atoms with Gasteiger partial charge in [-0.3, -0.25) is 4.98 Å². The number of hydrogen-bond acceptors (Lipinski definition) is 3. The molecule has 4 heteroatoms. The maximum absolute atomic E-state index is 6.27. The molecule has 0 bridgehead atoms. The van der Waals surface area contributed by atoms with E-state index in [1.165, 1.54) is 0 Å². The Morgan fingerprint density at radius 2 is 1.60 bits per heavy atom. The lowest BCUT2D eigenvalue weighted by atomic mass is 9.98. The number of benzene rings is 1. The summed E-state index contributed by atoms with van der Waals surface area (Å²) < 4.78 is 0. The second-order valence-electron chi connectivity index (χ2n) is 4.41.